The van der Waals surface area contributed by atoms with E-state index in [1.807, 2.05) is 11.1 Å². The maximum atomic E-state index is 10.9. The molecule has 0 aliphatic heterocycles. The van der Waals surface area contributed by atoms with Crippen molar-refractivity contribution in [1.29, 1.82) is 0 Å². The Labute approximate surface area is 192 Å². The van der Waals surface area contributed by atoms with Gasteiger partial charge in [-0.05, 0) is 115 Å². The van der Waals surface area contributed by atoms with Gasteiger partial charge in [0, 0.05) is 0 Å². The van der Waals surface area contributed by atoms with Crippen LogP contribution in [0.25, 0.3) is 0 Å². The molecular formula is C30H50O. The van der Waals surface area contributed by atoms with Crippen LogP contribution >= 0.6 is 0 Å². The lowest BCUT2D eigenvalue weighted by molar-refractivity contribution is -0.127. The summed E-state index contributed by atoms with van der Waals surface area (Å²) in [7, 11) is 0. The zero-order valence-corrected chi connectivity index (χ0v) is 21.9. The average molecular weight is 427 g/mol. The van der Waals surface area contributed by atoms with Crippen LogP contribution in [0, 0.1) is 50.7 Å². The minimum Gasteiger partial charge on any atom is -0.393 e. The van der Waals surface area contributed by atoms with Gasteiger partial charge in [-0.15, -0.1) is 0 Å². The van der Waals surface area contributed by atoms with Crippen LogP contribution in [0.3, 0.4) is 0 Å². The second kappa shape index (κ2) is 6.64. The molecular weight excluding hydrogens is 376 g/mol. The normalized spacial score (nSPS) is 53.6. The number of aliphatic hydroxyl groups excluding tert-OH is 1. The Morgan fingerprint density at radius 2 is 1.45 bits per heavy atom. The highest BCUT2D eigenvalue weighted by molar-refractivity contribution is 5.39. The molecule has 0 aromatic carbocycles. The molecule has 0 aromatic heterocycles. The van der Waals surface area contributed by atoms with Gasteiger partial charge >= 0.3 is 0 Å². The van der Waals surface area contributed by atoms with Gasteiger partial charge in [-0.2, -0.15) is 0 Å². The highest BCUT2D eigenvalue weighted by atomic mass is 16.3. The van der Waals surface area contributed by atoms with E-state index in [2.05, 4.69) is 55.4 Å². The van der Waals surface area contributed by atoms with E-state index in [-0.39, 0.29) is 11.5 Å². The fourth-order valence-corrected chi connectivity index (χ4v) is 11.2. The van der Waals surface area contributed by atoms with Gasteiger partial charge in [-0.3, -0.25) is 0 Å². The predicted octanol–water partition coefficient (Wildman–Crippen LogP) is 8.17. The molecule has 0 amide bonds. The second-order valence-corrected chi connectivity index (χ2v) is 14.6. The van der Waals surface area contributed by atoms with Crippen LogP contribution in [0.4, 0.5) is 0 Å². The van der Waals surface area contributed by atoms with Crippen LogP contribution in [0.2, 0.25) is 0 Å². The molecule has 0 bridgehead atoms. The Morgan fingerprint density at radius 1 is 0.742 bits per heavy atom. The second-order valence-electron chi connectivity index (χ2n) is 14.6. The summed E-state index contributed by atoms with van der Waals surface area (Å²) < 4.78 is 0. The molecule has 1 unspecified atom stereocenters. The Kier molecular flexibility index (Phi) is 4.82. The topological polar surface area (TPSA) is 20.2 Å². The van der Waals surface area contributed by atoms with Crippen molar-refractivity contribution in [3.63, 3.8) is 0 Å². The van der Waals surface area contributed by atoms with Gasteiger partial charge in [0.15, 0.2) is 0 Å². The van der Waals surface area contributed by atoms with Crippen molar-refractivity contribution in [1.82, 2.24) is 0 Å². The Morgan fingerprint density at radius 3 is 2.13 bits per heavy atom. The van der Waals surface area contributed by atoms with Crippen LogP contribution in [0.5, 0.6) is 0 Å². The summed E-state index contributed by atoms with van der Waals surface area (Å²) in [5.74, 6) is 3.28. The van der Waals surface area contributed by atoms with E-state index in [0.29, 0.717) is 27.6 Å². The summed E-state index contributed by atoms with van der Waals surface area (Å²) in [5.41, 5.74) is 5.55. The van der Waals surface area contributed by atoms with Gasteiger partial charge in [0.25, 0.3) is 0 Å². The number of hydrogen-bond acceptors (Lipinski definition) is 1. The molecule has 0 radical (unpaired) electrons. The summed E-state index contributed by atoms with van der Waals surface area (Å²) >= 11 is 0. The van der Waals surface area contributed by atoms with E-state index >= 15 is 0 Å². The first kappa shape index (κ1) is 22.5. The molecule has 1 heteroatoms. The van der Waals surface area contributed by atoms with E-state index in [0.717, 1.165) is 24.2 Å². The van der Waals surface area contributed by atoms with Crippen molar-refractivity contribution in [3.05, 3.63) is 11.1 Å². The molecule has 0 heterocycles. The molecule has 1 N–H and O–H groups in total. The van der Waals surface area contributed by atoms with Crippen molar-refractivity contribution in [3.8, 4) is 0 Å². The summed E-state index contributed by atoms with van der Waals surface area (Å²) in [5, 5.41) is 10.9. The zero-order chi connectivity index (χ0) is 22.6. The highest BCUT2D eigenvalue weighted by Gasteiger charge is 2.67. The molecule has 1 nitrogen and oxygen atoms in total. The third-order valence-corrected chi connectivity index (χ3v) is 13.2. The Balaban J connectivity index is 1.57. The van der Waals surface area contributed by atoms with Gasteiger partial charge in [-0.25, -0.2) is 0 Å². The Bertz CT molecular complexity index is 790. The number of rotatable bonds is 1. The smallest absolute Gasteiger partial charge is 0.0594 e. The fourth-order valence-electron chi connectivity index (χ4n) is 11.2. The monoisotopic (exact) mass is 426 g/mol. The molecule has 3 saturated carbocycles. The number of fused-ring (bicyclic) bond motifs is 6. The molecule has 5 rings (SSSR count). The third kappa shape index (κ3) is 2.60. The van der Waals surface area contributed by atoms with Gasteiger partial charge in [0.1, 0.15) is 0 Å². The molecule has 0 aromatic rings. The predicted molar refractivity (Wildman–Crippen MR) is 131 cm³/mol. The van der Waals surface area contributed by atoms with Crippen LogP contribution < -0.4 is 0 Å². The van der Waals surface area contributed by atoms with E-state index in [1.54, 1.807) is 0 Å². The minimum absolute atomic E-state index is 0.0499. The number of aliphatic hydroxyl groups is 1. The molecule has 0 spiro atoms. The summed E-state index contributed by atoms with van der Waals surface area (Å²) in [6, 6.07) is 0. The van der Waals surface area contributed by atoms with Gasteiger partial charge < -0.3 is 5.11 Å². The minimum atomic E-state index is -0.126. The molecule has 5 aliphatic rings. The van der Waals surface area contributed by atoms with E-state index < -0.39 is 0 Å². The van der Waals surface area contributed by atoms with Crippen molar-refractivity contribution in [2.24, 2.45) is 50.7 Å². The SMILES string of the molecule is CC(C)[C@H]1CC[C@@H]2[C@]1(C)CC[C@]1(C)C3=C(CC[C@@]21C)[C@@]1(C)CC[C@H](O)C(C)(C)C1CC3. The Hall–Kier alpha value is -0.300. The molecule has 3 fully saturated rings. The maximum absolute atomic E-state index is 10.9. The first-order valence-electron chi connectivity index (χ1n) is 13.7. The van der Waals surface area contributed by atoms with Crippen LogP contribution in [-0.4, -0.2) is 11.2 Å². The third-order valence-electron chi connectivity index (χ3n) is 13.2. The van der Waals surface area contributed by atoms with Crippen molar-refractivity contribution < 1.29 is 5.11 Å². The number of hydrogen-bond donors (Lipinski definition) is 1. The molecule has 8 atom stereocenters. The van der Waals surface area contributed by atoms with Gasteiger partial charge in [0.05, 0.1) is 6.10 Å². The van der Waals surface area contributed by atoms with Crippen molar-refractivity contribution in [2.75, 3.05) is 0 Å². The standard InChI is InChI=1S/C30H50O/c1-19(2)20-9-12-24-28(20,6)17-18-29(7)22-10-11-23-26(3,4)25(31)14-15-27(23,5)21(22)13-16-30(24,29)8/h19-20,23-25,31H,9-18H2,1-8H3/t20-,23?,24-,25+,27-,28-,29-,30+/m1/s1. The largest absolute Gasteiger partial charge is 0.393 e. The molecule has 0 saturated heterocycles. The lowest BCUT2D eigenvalue weighted by atomic mass is 9.37. The number of allylic oxidation sites excluding steroid dienone is 2. The quantitative estimate of drug-likeness (QED) is 0.419. The van der Waals surface area contributed by atoms with Crippen LogP contribution in [0.15, 0.2) is 11.1 Å². The molecule has 31 heavy (non-hydrogen) atoms. The van der Waals surface area contributed by atoms with E-state index in [9.17, 15) is 5.11 Å². The summed E-state index contributed by atoms with van der Waals surface area (Å²) in [6.07, 6.45) is 13.2. The zero-order valence-electron chi connectivity index (χ0n) is 21.9. The fraction of sp³-hybridized carbons (Fsp3) is 0.933. The first-order valence-corrected chi connectivity index (χ1v) is 13.7. The van der Waals surface area contributed by atoms with E-state index in [1.165, 1.54) is 57.8 Å². The van der Waals surface area contributed by atoms with E-state index in [4.69, 9.17) is 0 Å². The maximum Gasteiger partial charge on any atom is 0.0594 e. The van der Waals surface area contributed by atoms with Crippen LogP contribution in [-0.2, 0) is 0 Å². The summed E-state index contributed by atoms with van der Waals surface area (Å²) in [6.45, 7) is 20.4. The average Bonchev–Trinajstić information content (AvgIpc) is 3.05. The van der Waals surface area contributed by atoms with Crippen molar-refractivity contribution >= 4 is 0 Å². The lowest BCUT2D eigenvalue weighted by Gasteiger charge is -2.67. The van der Waals surface area contributed by atoms with Gasteiger partial charge in [0.2, 0.25) is 0 Å². The molecule has 5 aliphatic carbocycles. The van der Waals surface area contributed by atoms with Crippen LogP contribution in [0.1, 0.15) is 120 Å². The highest BCUT2D eigenvalue weighted by Crippen LogP contribution is 2.75. The first-order chi connectivity index (χ1) is 14.3. The van der Waals surface area contributed by atoms with Gasteiger partial charge in [-0.1, -0.05) is 66.5 Å². The lowest BCUT2D eigenvalue weighted by Crippen LogP contribution is -2.59. The molecule has 176 valence electrons. The van der Waals surface area contributed by atoms with Crippen molar-refractivity contribution in [2.45, 2.75) is 126 Å². The summed E-state index contributed by atoms with van der Waals surface area (Å²) in [4.78, 5) is 0.